The Morgan fingerprint density at radius 2 is 1.90 bits per heavy atom. The lowest BCUT2D eigenvalue weighted by atomic mass is 9.93. The molecule has 1 aliphatic rings. The van der Waals surface area contributed by atoms with Crippen LogP contribution in [0.3, 0.4) is 0 Å². The van der Waals surface area contributed by atoms with Crippen LogP contribution in [-0.4, -0.2) is 41.9 Å². The zero-order chi connectivity index (χ0) is 15.5. The van der Waals surface area contributed by atoms with Crippen LogP contribution >= 0.6 is 0 Å². The van der Waals surface area contributed by atoms with Crippen LogP contribution in [0, 0.1) is 10.1 Å². The third-order valence-electron chi connectivity index (χ3n) is 3.66. The molecule has 1 fully saturated rings. The summed E-state index contributed by atoms with van der Waals surface area (Å²) < 4.78 is 26.2. The average molecular weight is 314 g/mol. The van der Waals surface area contributed by atoms with Crippen LogP contribution in [0.1, 0.15) is 24.8 Å². The summed E-state index contributed by atoms with van der Waals surface area (Å²) in [7, 11) is -3.53. The molecule has 2 rings (SSSR count). The van der Waals surface area contributed by atoms with Crippen molar-refractivity contribution in [3.8, 4) is 0 Å². The van der Waals surface area contributed by atoms with E-state index in [0.717, 1.165) is 19.3 Å². The highest BCUT2D eigenvalue weighted by Crippen LogP contribution is 2.28. The zero-order valence-corrected chi connectivity index (χ0v) is 12.3. The number of nitro benzene ring substituents is 1. The van der Waals surface area contributed by atoms with Gasteiger partial charge in [-0.2, -0.15) is 4.31 Å². The normalized spacial score (nSPS) is 15.9. The van der Waals surface area contributed by atoms with E-state index in [0.29, 0.717) is 5.56 Å². The number of aliphatic hydroxyl groups excluding tert-OH is 1. The molecule has 0 heterocycles. The minimum absolute atomic E-state index is 0.0276. The van der Waals surface area contributed by atoms with E-state index in [2.05, 4.69) is 0 Å². The SMILES string of the molecule is O=[N+]([O-])c1ccc(CS(=O)(=O)N(CCO)C2CCC2)cc1. The molecule has 0 radical (unpaired) electrons. The van der Waals surface area contributed by atoms with E-state index in [1.165, 1.54) is 28.6 Å². The summed E-state index contributed by atoms with van der Waals surface area (Å²) >= 11 is 0. The first-order valence-corrected chi connectivity index (χ1v) is 8.38. The molecule has 1 N–H and O–H groups in total. The van der Waals surface area contributed by atoms with Crippen molar-refractivity contribution < 1.29 is 18.4 Å². The van der Waals surface area contributed by atoms with Gasteiger partial charge in [-0.3, -0.25) is 10.1 Å². The van der Waals surface area contributed by atoms with Crippen LogP contribution in [0.15, 0.2) is 24.3 Å². The minimum Gasteiger partial charge on any atom is -0.395 e. The van der Waals surface area contributed by atoms with Crippen LogP contribution in [-0.2, 0) is 15.8 Å². The van der Waals surface area contributed by atoms with Crippen molar-refractivity contribution in [2.45, 2.75) is 31.1 Å². The van der Waals surface area contributed by atoms with Gasteiger partial charge in [0.1, 0.15) is 0 Å². The summed E-state index contributed by atoms with van der Waals surface area (Å²) in [6, 6.07) is 5.47. The molecule has 0 atom stereocenters. The Morgan fingerprint density at radius 3 is 2.33 bits per heavy atom. The molecule has 0 bridgehead atoms. The first-order chi connectivity index (χ1) is 9.94. The number of rotatable bonds is 7. The Labute approximate surface area is 123 Å². The Hall–Kier alpha value is -1.51. The van der Waals surface area contributed by atoms with Crippen LogP contribution < -0.4 is 0 Å². The van der Waals surface area contributed by atoms with Gasteiger partial charge in [0.25, 0.3) is 5.69 Å². The fourth-order valence-corrected chi connectivity index (χ4v) is 4.13. The van der Waals surface area contributed by atoms with Gasteiger partial charge in [0, 0.05) is 24.7 Å². The predicted molar refractivity (Wildman–Crippen MR) is 77.2 cm³/mol. The van der Waals surface area contributed by atoms with Crippen LogP contribution in [0.4, 0.5) is 5.69 Å². The minimum atomic E-state index is -3.53. The standard InChI is InChI=1S/C13H18N2O5S/c16-9-8-14(12-2-1-3-12)21(19,20)10-11-4-6-13(7-5-11)15(17)18/h4-7,12,16H,1-3,8-10H2. The predicted octanol–water partition coefficient (Wildman–Crippen LogP) is 1.27. The molecule has 1 saturated carbocycles. The monoisotopic (exact) mass is 314 g/mol. The molecule has 0 aliphatic heterocycles. The van der Waals surface area contributed by atoms with Crippen molar-refractivity contribution in [2.75, 3.05) is 13.2 Å². The first-order valence-electron chi connectivity index (χ1n) is 6.78. The lowest BCUT2D eigenvalue weighted by molar-refractivity contribution is -0.384. The van der Waals surface area contributed by atoms with Gasteiger partial charge < -0.3 is 5.11 Å². The van der Waals surface area contributed by atoms with E-state index >= 15 is 0 Å². The largest absolute Gasteiger partial charge is 0.395 e. The highest BCUT2D eigenvalue weighted by atomic mass is 32.2. The molecule has 1 aliphatic carbocycles. The Morgan fingerprint density at radius 1 is 1.29 bits per heavy atom. The van der Waals surface area contributed by atoms with Crippen LogP contribution in [0.2, 0.25) is 0 Å². The van der Waals surface area contributed by atoms with Crippen molar-refractivity contribution in [1.29, 1.82) is 0 Å². The topological polar surface area (TPSA) is 101 Å². The number of nitrogens with zero attached hydrogens (tertiary/aromatic N) is 2. The number of non-ortho nitro benzene ring substituents is 1. The number of sulfonamides is 1. The molecule has 116 valence electrons. The summed E-state index contributed by atoms with van der Waals surface area (Å²) in [5, 5.41) is 19.6. The van der Waals surface area contributed by atoms with Gasteiger partial charge >= 0.3 is 0 Å². The highest BCUT2D eigenvalue weighted by molar-refractivity contribution is 7.88. The van der Waals surface area contributed by atoms with Crippen molar-refractivity contribution in [3.05, 3.63) is 39.9 Å². The Bertz CT molecular complexity index is 595. The summed E-state index contributed by atoms with van der Waals surface area (Å²) in [5.74, 6) is -0.207. The summed E-state index contributed by atoms with van der Waals surface area (Å²) in [6.07, 6.45) is 2.64. The maximum Gasteiger partial charge on any atom is 0.269 e. The summed E-state index contributed by atoms with van der Waals surface area (Å²) in [4.78, 5) is 10.1. The second kappa shape index (κ2) is 6.50. The number of hydrogen-bond acceptors (Lipinski definition) is 5. The van der Waals surface area contributed by atoms with E-state index in [-0.39, 0.29) is 30.6 Å². The maximum absolute atomic E-state index is 12.4. The molecule has 0 saturated heterocycles. The molecule has 21 heavy (non-hydrogen) atoms. The molecular weight excluding hydrogens is 296 g/mol. The molecule has 0 amide bonds. The van der Waals surface area contributed by atoms with Gasteiger partial charge in [-0.05, 0) is 18.4 Å². The third-order valence-corrected chi connectivity index (χ3v) is 5.55. The van der Waals surface area contributed by atoms with Crippen molar-refractivity contribution in [2.24, 2.45) is 0 Å². The van der Waals surface area contributed by atoms with E-state index in [4.69, 9.17) is 5.11 Å². The number of nitro groups is 1. The Balaban J connectivity index is 2.12. The quantitative estimate of drug-likeness (QED) is 0.603. The number of hydrogen-bond donors (Lipinski definition) is 1. The van der Waals surface area contributed by atoms with Crippen LogP contribution in [0.25, 0.3) is 0 Å². The molecule has 0 spiro atoms. The average Bonchev–Trinajstić information content (AvgIpc) is 2.36. The van der Waals surface area contributed by atoms with E-state index in [9.17, 15) is 18.5 Å². The fraction of sp³-hybridized carbons (Fsp3) is 0.538. The smallest absolute Gasteiger partial charge is 0.269 e. The van der Waals surface area contributed by atoms with E-state index in [1.807, 2.05) is 0 Å². The van der Waals surface area contributed by atoms with Gasteiger partial charge in [0.15, 0.2) is 0 Å². The van der Waals surface area contributed by atoms with Gasteiger partial charge in [-0.15, -0.1) is 0 Å². The summed E-state index contributed by atoms with van der Waals surface area (Å²) in [5.41, 5.74) is 0.435. The van der Waals surface area contributed by atoms with Gasteiger partial charge in [0.05, 0.1) is 17.3 Å². The summed E-state index contributed by atoms with van der Waals surface area (Å²) in [6.45, 7) is -0.115. The number of aliphatic hydroxyl groups is 1. The third kappa shape index (κ3) is 3.78. The zero-order valence-electron chi connectivity index (χ0n) is 11.5. The molecule has 1 aromatic carbocycles. The maximum atomic E-state index is 12.4. The van der Waals surface area contributed by atoms with Crippen molar-refractivity contribution in [3.63, 3.8) is 0 Å². The van der Waals surface area contributed by atoms with Crippen molar-refractivity contribution in [1.82, 2.24) is 4.31 Å². The molecule has 7 nitrogen and oxygen atoms in total. The van der Waals surface area contributed by atoms with Crippen molar-refractivity contribution >= 4 is 15.7 Å². The number of benzene rings is 1. The van der Waals surface area contributed by atoms with E-state index in [1.54, 1.807) is 0 Å². The van der Waals surface area contributed by atoms with Crippen LogP contribution in [0.5, 0.6) is 0 Å². The Kier molecular flexibility index (Phi) is 4.92. The second-order valence-corrected chi connectivity index (χ2v) is 7.02. The molecule has 0 unspecified atom stereocenters. The van der Waals surface area contributed by atoms with Gasteiger partial charge in [-0.1, -0.05) is 18.6 Å². The van der Waals surface area contributed by atoms with Gasteiger partial charge in [-0.25, -0.2) is 8.42 Å². The van der Waals surface area contributed by atoms with E-state index < -0.39 is 14.9 Å². The molecule has 1 aromatic rings. The lowest BCUT2D eigenvalue weighted by Crippen LogP contribution is -2.46. The highest BCUT2D eigenvalue weighted by Gasteiger charge is 2.33. The molecular formula is C13H18N2O5S. The lowest BCUT2D eigenvalue weighted by Gasteiger charge is -2.36. The molecule has 0 aromatic heterocycles. The molecule has 8 heteroatoms. The second-order valence-electron chi connectivity index (χ2n) is 5.10. The first kappa shape index (κ1) is 15.9. The fourth-order valence-electron chi connectivity index (χ4n) is 2.33. The van der Waals surface area contributed by atoms with Gasteiger partial charge in [0.2, 0.25) is 10.0 Å².